The zero-order valence-electron chi connectivity index (χ0n) is 17.8. The molecule has 0 N–H and O–H groups in total. The quantitative estimate of drug-likeness (QED) is 0.536. The van der Waals surface area contributed by atoms with E-state index in [9.17, 15) is 22.4 Å². The highest BCUT2D eigenvalue weighted by Crippen LogP contribution is 2.56. The normalized spacial score (nSPS) is 24.1. The lowest BCUT2D eigenvalue weighted by molar-refractivity contribution is -0.205. The number of nitrogens with zero attached hydrogens (tertiary/aromatic N) is 2. The number of alkyl halides is 3. The van der Waals surface area contributed by atoms with Gasteiger partial charge in [-0.15, -0.1) is 0 Å². The van der Waals surface area contributed by atoms with Gasteiger partial charge in [-0.2, -0.15) is 13.2 Å². The fourth-order valence-corrected chi connectivity index (χ4v) is 5.41. The molecular formula is C24H25ClF4N2O. The van der Waals surface area contributed by atoms with Crippen LogP contribution in [-0.2, 0) is 10.2 Å². The molecule has 2 aromatic rings. The lowest BCUT2D eigenvalue weighted by Gasteiger charge is -2.42. The van der Waals surface area contributed by atoms with Crippen LogP contribution in [0.1, 0.15) is 30.4 Å². The monoisotopic (exact) mass is 468 g/mol. The van der Waals surface area contributed by atoms with Crippen molar-refractivity contribution in [3.05, 3.63) is 64.4 Å². The van der Waals surface area contributed by atoms with Gasteiger partial charge in [0.2, 0.25) is 5.91 Å². The van der Waals surface area contributed by atoms with Crippen LogP contribution < -0.4 is 4.90 Å². The molecule has 2 aromatic carbocycles. The van der Waals surface area contributed by atoms with Gasteiger partial charge in [0.15, 0.2) is 0 Å². The topological polar surface area (TPSA) is 23.6 Å². The van der Waals surface area contributed by atoms with Gasteiger partial charge >= 0.3 is 6.18 Å². The van der Waals surface area contributed by atoms with E-state index in [-0.39, 0.29) is 18.4 Å². The highest BCUT2D eigenvalue weighted by atomic mass is 35.5. The summed E-state index contributed by atoms with van der Waals surface area (Å²) < 4.78 is 56.8. The van der Waals surface area contributed by atoms with Gasteiger partial charge in [-0.05, 0) is 55.2 Å². The Morgan fingerprint density at radius 1 is 1.06 bits per heavy atom. The lowest BCUT2D eigenvalue weighted by Crippen LogP contribution is -2.55. The van der Waals surface area contributed by atoms with Gasteiger partial charge in [0, 0.05) is 36.9 Å². The smallest absolute Gasteiger partial charge is 0.368 e. The number of aryl methyl sites for hydroxylation is 1. The fourth-order valence-electron chi connectivity index (χ4n) is 5.25. The summed E-state index contributed by atoms with van der Waals surface area (Å²) in [5.74, 6) is -2.27. The zero-order chi connectivity index (χ0) is 23.1. The number of hydrogen-bond acceptors (Lipinski definition) is 2. The van der Waals surface area contributed by atoms with Crippen molar-refractivity contribution in [2.45, 2.75) is 37.8 Å². The fraction of sp³-hybridized carbons (Fsp3) is 0.458. The highest BCUT2D eigenvalue weighted by molar-refractivity contribution is 6.30. The molecule has 1 saturated carbocycles. The molecule has 0 spiro atoms. The Bertz CT molecular complexity index is 986. The highest BCUT2D eigenvalue weighted by Gasteiger charge is 2.64. The molecule has 0 bridgehead atoms. The van der Waals surface area contributed by atoms with Crippen LogP contribution in [-0.4, -0.2) is 43.2 Å². The molecule has 1 aliphatic carbocycles. The Balaban J connectivity index is 1.56. The number of benzene rings is 2. The summed E-state index contributed by atoms with van der Waals surface area (Å²) in [4.78, 5) is 17.0. The van der Waals surface area contributed by atoms with E-state index in [1.165, 1.54) is 12.1 Å². The van der Waals surface area contributed by atoms with E-state index in [0.29, 0.717) is 37.6 Å². The van der Waals surface area contributed by atoms with Crippen molar-refractivity contribution in [1.29, 1.82) is 0 Å². The first kappa shape index (κ1) is 22.9. The SMILES string of the molecule is Cc1ccc(Cl)cc1N1CCN(C(=O)C2CCC[C@]2(c2ccc(F)cc2)C(F)(F)F)CC1. The third-order valence-corrected chi connectivity index (χ3v) is 7.16. The molecule has 1 heterocycles. The summed E-state index contributed by atoms with van der Waals surface area (Å²) in [6.07, 6.45) is -4.31. The third kappa shape index (κ3) is 3.96. The van der Waals surface area contributed by atoms with Gasteiger partial charge in [-0.3, -0.25) is 4.79 Å². The summed E-state index contributed by atoms with van der Waals surface area (Å²) >= 11 is 6.12. The number of hydrogen-bond donors (Lipinski definition) is 0. The molecule has 8 heteroatoms. The van der Waals surface area contributed by atoms with Gasteiger partial charge in [0.25, 0.3) is 0 Å². The van der Waals surface area contributed by atoms with E-state index in [0.717, 1.165) is 23.4 Å². The first-order valence-electron chi connectivity index (χ1n) is 10.8. The zero-order valence-corrected chi connectivity index (χ0v) is 18.5. The number of amides is 1. The number of carbonyl (C=O) groups excluding carboxylic acids is 1. The van der Waals surface area contributed by atoms with Crippen LogP contribution in [0.3, 0.4) is 0 Å². The van der Waals surface area contributed by atoms with Gasteiger partial charge < -0.3 is 9.80 Å². The summed E-state index contributed by atoms with van der Waals surface area (Å²) in [6.45, 7) is 3.71. The molecule has 1 amide bonds. The Labute approximate surface area is 190 Å². The molecule has 1 unspecified atom stereocenters. The van der Waals surface area contributed by atoms with Crippen molar-refractivity contribution in [2.24, 2.45) is 5.92 Å². The van der Waals surface area contributed by atoms with Crippen LogP contribution in [0.5, 0.6) is 0 Å². The van der Waals surface area contributed by atoms with E-state index >= 15 is 0 Å². The summed E-state index contributed by atoms with van der Waals surface area (Å²) in [5.41, 5.74) is -0.285. The van der Waals surface area contributed by atoms with Gasteiger partial charge in [-0.1, -0.05) is 36.2 Å². The average molecular weight is 469 g/mol. The second kappa shape index (κ2) is 8.58. The minimum Gasteiger partial charge on any atom is -0.368 e. The number of rotatable bonds is 3. The molecule has 2 fully saturated rings. The maximum Gasteiger partial charge on any atom is 0.399 e. The number of carbonyl (C=O) groups is 1. The molecule has 2 aliphatic rings. The number of anilines is 1. The van der Waals surface area contributed by atoms with Crippen LogP contribution in [0.15, 0.2) is 42.5 Å². The van der Waals surface area contributed by atoms with Crippen molar-refractivity contribution in [2.75, 3.05) is 31.1 Å². The van der Waals surface area contributed by atoms with Crippen LogP contribution >= 0.6 is 11.6 Å². The van der Waals surface area contributed by atoms with Crippen molar-refractivity contribution in [1.82, 2.24) is 4.90 Å². The predicted molar refractivity (Wildman–Crippen MR) is 116 cm³/mol. The third-order valence-electron chi connectivity index (χ3n) is 6.93. The van der Waals surface area contributed by atoms with Crippen molar-refractivity contribution < 1.29 is 22.4 Å². The van der Waals surface area contributed by atoms with Crippen molar-refractivity contribution >= 4 is 23.2 Å². The standard InChI is InChI=1S/C24H25ClF4N2O/c1-16-4-7-18(25)15-21(16)30-11-13-31(14-12-30)22(32)20-3-2-10-23(20,24(27,28)29)17-5-8-19(26)9-6-17/h4-9,15,20H,2-3,10-14H2,1H3/t20?,23-/m1/s1. The van der Waals surface area contributed by atoms with E-state index in [1.807, 2.05) is 25.1 Å². The molecule has 32 heavy (non-hydrogen) atoms. The summed E-state index contributed by atoms with van der Waals surface area (Å²) in [5, 5.41) is 0.615. The average Bonchev–Trinajstić information content (AvgIpc) is 3.22. The first-order chi connectivity index (χ1) is 15.1. The van der Waals surface area contributed by atoms with E-state index in [1.54, 1.807) is 4.90 Å². The molecular weight excluding hydrogens is 444 g/mol. The Kier molecular flexibility index (Phi) is 6.14. The molecule has 1 aliphatic heterocycles. The molecule has 1 saturated heterocycles. The number of piperazine rings is 1. The van der Waals surface area contributed by atoms with E-state index in [4.69, 9.17) is 11.6 Å². The molecule has 3 nitrogen and oxygen atoms in total. The van der Waals surface area contributed by atoms with Crippen molar-refractivity contribution in [3.63, 3.8) is 0 Å². The Hall–Kier alpha value is -2.28. The summed E-state index contributed by atoms with van der Waals surface area (Å²) in [6, 6.07) is 10.0. The molecule has 0 radical (unpaired) electrons. The van der Waals surface area contributed by atoms with Gasteiger partial charge in [0.05, 0.1) is 5.92 Å². The summed E-state index contributed by atoms with van der Waals surface area (Å²) in [7, 11) is 0. The largest absolute Gasteiger partial charge is 0.399 e. The maximum atomic E-state index is 14.5. The van der Waals surface area contributed by atoms with E-state index < -0.39 is 29.2 Å². The second-order valence-electron chi connectivity index (χ2n) is 8.66. The Morgan fingerprint density at radius 2 is 1.72 bits per heavy atom. The molecule has 0 aromatic heterocycles. The lowest BCUT2D eigenvalue weighted by atomic mass is 9.70. The maximum absolute atomic E-state index is 14.5. The first-order valence-corrected chi connectivity index (χ1v) is 11.1. The van der Waals surface area contributed by atoms with Crippen LogP contribution in [0.25, 0.3) is 0 Å². The number of halogens is 5. The van der Waals surface area contributed by atoms with E-state index in [2.05, 4.69) is 4.90 Å². The second-order valence-corrected chi connectivity index (χ2v) is 9.10. The van der Waals surface area contributed by atoms with Crippen molar-refractivity contribution in [3.8, 4) is 0 Å². The predicted octanol–water partition coefficient (Wildman–Crippen LogP) is 5.74. The van der Waals surface area contributed by atoms with Crippen LogP contribution in [0.4, 0.5) is 23.2 Å². The Morgan fingerprint density at radius 3 is 2.34 bits per heavy atom. The van der Waals surface area contributed by atoms with Gasteiger partial charge in [0.1, 0.15) is 11.2 Å². The van der Waals surface area contributed by atoms with Crippen LogP contribution in [0.2, 0.25) is 5.02 Å². The minimum atomic E-state index is -4.61. The van der Waals surface area contributed by atoms with Crippen LogP contribution in [0, 0.1) is 18.7 Å². The minimum absolute atomic E-state index is 0.0320. The van der Waals surface area contributed by atoms with Gasteiger partial charge in [-0.25, -0.2) is 4.39 Å². The molecule has 172 valence electrons. The molecule has 4 rings (SSSR count). The molecule has 2 atom stereocenters.